The molecule has 5 nitrogen and oxygen atoms in total. The maximum atomic E-state index is 5.38. The fourth-order valence-electron chi connectivity index (χ4n) is 1.90. The minimum atomic E-state index is 0.166. The van der Waals surface area contributed by atoms with Crippen molar-refractivity contribution < 1.29 is 4.74 Å². The number of likely N-dealkylation sites (N-methyl/N-ethyl adjacent to an activating group) is 1. The minimum absolute atomic E-state index is 0.166. The van der Waals surface area contributed by atoms with Gasteiger partial charge in [-0.25, -0.2) is 0 Å². The van der Waals surface area contributed by atoms with Crippen LogP contribution in [-0.2, 0) is 6.54 Å². The third-order valence-corrected chi connectivity index (χ3v) is 3.07. The van der Waals surface area contributed by atoms with Gasteiger partial charge < -0.3 is 15.0 Å². The molecule has 1 aromatic rings. The van der Waals surface area contributed by atoms with Crippen LogP contribution in [0.25, 0.3) is 6.08 Å². The summed E-state index contributed by atoms with van der Waals surface area (Å²) < 4.78 is 7.37. The Balaban J connectivity index is 2.61. The lowest BCUT2D eigenvalue weighted by atomic mass is 10.1. The molecular weight excluding hydrogens is 264 g/mol. The molecule has 120 valence electrons. The smallest absolute Gasteiger partial charge is 0.164 e. The zero-order valence-corrected chi connectivity index (χ0v) is 14.3. The Hall–Kier alpha value is -1.33. The Labute approximate surface area is 129 Å². The van der Waals surface area contributed by atoms with Crippen molar-refractivity contribution in [3.8, 4) is 5.75 Å². The van der Waals surface area contributed by atoms with Gasteiger partial charge in [0.25, 0.3) is 0 Å². The molecule has 21 heavy (non-hydrogen) atoms. The first kappa shape index (κ1) is 17.7. The molecule has 0 unspecified atom stereocenters. The molecule has 0 saturated carbocycles. The van der Waals surface area contributed by atoms with E-state index in [0.717, 1.165) is 37.5 Å². The Morgan fingerprint density at radius 2 is 2.10 bits per heavy atom. The van der Waals surface area contributed by atoms with Crippen LogP contribution in [0, 0.1) is 0 Å². The molecule has 1 N–H and O–H groups in total. The molecule has 0 aliphatic rings. The van der Waals surface area contributed by atoms with Gasteiger partial charge >= 0.3 is 0 Å². The average Bonchev–Trinajstić information content (AvgIpc) is 2.77. The summed E-state index contributed by atoms with van der Waals surface area (Å²) in [6.45, 7) is 9.31. The van der Waals surface area contributed by atoms with E-state index in [2.05, 4.69) is 62.3 Å². The molecule has 0 fully saturated rings. The number of rotatable bonds is 8. The second-order valence-corrected chi connectivity index (χ2v) is 6.49. The van der Waals surface area contributed by atoms with E-state index in [0.29, 0.717) is 0 Å². The van der Waals surface area contributed by atoms with E-state index in [9.17, 15) is 0 Å². The second kappa shape index (κ2) is 8.20. The van der Waals surface area contributed by atoms with Gasteiger partial charge in [0.2, 0.25) is 0 Å². The van der Waals surface area contributed by atoms with Crippen molar-refractivity contribution >= 4 is 6.08 Å². The van der Waals surface area contributed by atoms with Gasteiger partial charge in [0.1, 0.15) is 5.69 Å². The Morgan fingerprint density at radius 3 is 2.67 bits per heavy atom. The third-order valence-electron chi connectivity index (χ3n) is 3.07. The number of aromatic nitrogens is 2. The normalized spacial score (nSPS) is 12.5. The summed E-state index contributed by atoms with van der Waals surface area (Å²) in [6, 6.07) is 0. The van der Waals surface area contributed by atoms with Crippen LogP contribution in [0.4, 0.5) is 0 Å². The topological polar surface area (TPSA) is 42.3 Å². The van der Waals surface area contributed by atoms with Crippen molar-refractivity contribution in [2.75, 3.05) is 34.3 Å². The van der Waals surface area contributed by atoms with Gasteiger partial charge in [-0.05, 0) is 53.9 Å². The van der Waals surface area contributed by atoms with Crippen molar-refractivity contribution in [1.82, 2.24) is 20.0 Å². The highest BCUT2D eigenvalue weighted by Crippen LogP contribution is 2.19. The minimum Gasteiger partial charge on any atom is -0.493 e. The fourth-order valence-corrected chi connectivity index (χ4v) is 1.90. The largest absolute Gasteiger partial charge is 0.493 e. The highest BCUT2D eigenvalue weighted by atomic mass is 16.5. The maximum absolute atomic E-state index is 5.38. The van der Waals surface area contributed by atoms with Crippen LogP contribution in [0.15, 0.2) is 12.3 Å². The van der Waals surface area contributed by atoms with Gasteiger partial charge in [-0.3, -0.25) is 4.68 Å². The number of nitrogens with one attached hydrogen (secondary N) is 1. The second-order valence-electron chi connectivity index (χ2n) is 6.49. The highest BCUT2D eigenvalue weighted by molar-refractivity contribution is 5.52. The van der Waals surface area contributed by atoms with E-state index >= 15 is 0 Å². The Kier molecular flexibility index (Phi) is 6.92. The molecule has 5 heteroatoms. The first-order valence-corrected chi connectivity index (χ1v) is 7.49. The van der Waals surface area contributed by atoms with Crippen LogP contribution < -0.4 is 10.1 Å². The highest BCUT2D eigenvalue weighted by Gasteiger charge is 2.09. The van der Waals surface area contributed by atoms with Crippen molar-refractivity contribution in [3.63, 3.8) is 0 Å². The predicted molar refractivity (Wildman–Crippen MR) is 88.7 cm³/mol. The molecule has 0 aromatic carbocycles. The molecule has 0 atom stereocenters. The van der Waals surface area contributed by atoms with E-state index in [1.165, 1.54) is 0 Å². The van der Waals surface area contributed by atoms with Crippen LogP contribution in [0.2, 0.25) is 0 Å². The van der Waals surface area contributed by atoms with E-state index in [1.54, 1.807) is 13.3 Å². The summed E-state index contributed by atoms with van der Waals surface area (Å²) in [5, 5.41) is 7.87. The fraction of sp³-hybridized carbons (Fsp3) is 0.688. The molecule has 0 saturated heterocycles. The predicted octanol–water partition coefficient (Wildman–Crippen LogP) is 2.24. The van der Waals surface area contributed by atoms with Crippen LogP contribution in [0.5, 0.6) is 5.75 Å². The van der Waals surface area contributed by atoms with Gasteiger partial charge in [-0.2, -0.15) is 5.10 Å². The first-order valence-electron chi connectivity index (χ1n) is 7.49. The van der Waals surface area contributed by atoms with Crippen LogP contribution >= 0.6 is 0 Å². The van der Waals surface area contributed by atoms with Gasteiger partial charge in [-0.1, -0.05) is 6.08 Å². The van der Waals surface area contributed by atoms with Crippen LogP contribution in [-0.4, -0.2) is 54.5 Å². The summed E-state index contributed by atoms with van der Waals surface area (Å²) >= 11 is 0. The molecule has 0 radical (unpaired) electrons. The zero-order chi connectivity index (χ0) is 15.9. The van der Waals surface area contributed by atoms with Gasteiger partial charge in [0.15, 0.2) is 5.75 Å². The molecule has 1 heterocycles. The Bertz CT molecular complexity index is 444. The van der Waals surface area contributed by atoms with Crippen molar-refractivity contribution in [1.29, 1.82) is 0 Å². The Morgan fingerprint density at radius 1 is 1.38 bits per heavy atom. The molecule has 0 aliphatic carbocycles. The monoisotopic (exact) mass is 294 g/mol. The average molecular weight is 294 g/mol. The van der Waals surface area contributed by atoms with Gasteiger partial charge in [0, 0.05) is 12.1 Å². The lowest BCUT2D eigenvalue weighted by molar-refractivity contribution is 0.370. The number of nitrogens with zero attached hydrogens (tertiary/aromatic N) is 3. The number of hydrogen-bond acceptors (Lipinski definition) is 4. The van der Waals surface area contributed by atoms with E-state index < -0.39 is 0 Å². The van der Waals surface area contributed by atoms with Crippen LogP contribution in [0.3, 0.4) is 0 Å². The van der Waals surface area contributed by atoms with Crippen molar-refractivity contribution in [3.05, 3.63) is 18.0 Å². The van der Waals surface area contributed by atoms with E-state index in [4.69, 9.17) is 4.74 Å². The maximum Gasteiger partial charge on any atom is 0.164 e. The molecule has 0 aliphatic heterocycles. The van der Waals surface area contributed by atoms with Crippen LogP contribution in [0.1, 0.15) is 32.9 Å². The molecular formula is C16H30N4O. The summed E-state index contributed by atoms with van der Waals surface area (Å²) in [7, 11) is 5.81. The molecule has 0 amide bonds. The van der Waals surface area contributed by atoms with Crippen molar-refractivity contribution in [2.45, 2.75) is 39.3 Å². The van der Waals surface area contributed by atoms with E-state index in [-0.39, 0.29) is 5.54 Å². The molecule has 1 aromatic heterocycles. The number of methoxy groups -OCH3 is 1. The standard InChI is InChI=1S/C16H30N4O/c1-16(2,3)17-10-8-7-9-14-15(21-6)13-18-20(14)12-11-19(4)5/h7,9,13,17H,8,10-12H2,1-6H3/b9-7+. The molecule has 1 rings (SSSR count). The molecule has 0 spiro atoms. The van der Waals surface area contributed by atoms with Gasteiger partial charge in [-0.15, -0.1) is 0 Å². The number of ether oxygens (including phenoxy) is 1. The SMILES string of the molecule is COc1cnn(CCN(C)C)c1/C=C/CCNC(C)(C)C. The first-order chi connectivity index (χ1) is 9.83. The lowest BCUT2D eigenvalue weighted by Gasteiger charge is -2.19. The summed E-state index contributed by atoms with van der Waals surface area (Å²) in [5.74, 6) is 0.828. The lowest BCUT2D eigenvalue weighted by Crippen LogP contribution is -2.36. The third kappa shape index (κ3) is 6.78. The van der Waals surface area contributed by atoms with Gasteiger partial charge in [0.05, 0.1) is 19.9 Å². The number of hydrogen-bond donors (Lipinski definition) is 1. The quantitative estimate of drug-likeness (QED) is 0.747. The summed E-state index contributed by atoms with van der Waals surface area (Å²) in [6.07, 6.45) is 7.04. The summed E-state index contributed by atoms with van der Waals surface area (Å²) in [5.41, 5.74) is 1.20. The molecule has 0 bridgehead atoms. The van der Waals surface area contributed by atoms with Crippen molar-refractivity contribution in [2.24, 2.45) is 0 Å². The summed E-state index contributed by atoms with van der Waals surface area (Å²) in [4.78, 5) is 2.15. The van der Waals surface area contributed by atoms with E-state index in [1.807, 2.05) is 4.68 Å². The zero-order valence-electron chi connectivity index (χ0n) is 14.3.